The lowest BCUT2D eigenvalue weighted by Crippen LogP contribution is -3.06. The van der Waals surface area contributed by atoms with Gasteiger partial charge in [0.05, 0.1) is 26.3 Å². The highest BCUT2D eigenvalue weighted by Gasteiger charge is 2.34. The van der Waals surface area contributed by atoms with Crippen molar-refractivity contribution in [2.24, 2.45) is 11.3 Å². The van der Waals surface area contributed by atoms with Crippen molar-refractivity contribution in [1.82, 2.24) is 0 Å². The second kappa shape index (κ2) is 10.0. The molecule has 2 amide bonds. The summed E-state index contributed by atoms with van der Waals surface area (Å²) in [5, 5.41) is 6.70. The second-order valence-corrected chi connectivity index (χ2v) is 11.0. The van der Waals surface area contributed by atoms with Crippen molar-refractivity contribution in [1.29, 1.82) is 0 Å². The van der Waals surface area contributed by atoms with Crippen molar-refractivity contribution in [3.8, 4) is 5.75 Å². The number of nitrogens with one attached hydrogen (secondary N) is 3. The maximum absolute atomic E-state index is 13.4. The Balaban J connectivity index is 1.89. The number of benzene rings is 1. The first-order valence-corrected chi connectivity index (χ1v) is 12.2. The molecule has 1 aromatic carbocycles. The van der Waals surface area contributed by atoms with Gasteiger partial charge in [-0.1, -0.05) is 20.8 Å². The molecule has 2 aromatic rings. The minimum absolute atomic E-state index is 0.0777. The molecule has 0 bridgehead atoms. The van der Waals surface area contributed by atoms with E-state index in [4.69, 9.17) is 4.74 Å². The van der Waals surface area contributed by atoms with E-state index in [2.05, 4.69) is 31.4 Å². The third-order valence-electron chi connectivity index (χ3n) is 5.91. The molecule has 32 heavy (non-hydrogen) atoms. The van der Waals surface area contributed by atoms with Gasteiger partial charge in [0.25, 0.3) is 11.8 Å². The molecule has 0 radical (unpaired) electrons. The Morgan fingerprint density at radius 2 is 1.84 bits per heavy atom. The van der Waals surface area contributed by atoms with Crippen LogP contribution < -0.4 is 20.3 Å². The van der Waals surface area contributed by atoms with Crippen LogP contribution in [0.2, 0.25) is 0 Å². The summed E-state index contributed by atoms with van der Waals surface area (Å²) in [5.41, 5.74) is 2.63. The van der Waals surface area contributed by atoms with Crippen molar-refractivity contribution in [3.63, 3.8) is 0 Å². The number of carbonyl (C=O) groups is 2. The van der Waals surface area contributed by atoms with Gasteiger partial charge in [-0.3, -0.25) is 9.59 Å². The first kappa shape index (κ1) is 24.3. The number of likely N-dealkylation sites (N-methyl/N-ethyl adjacent to an activating group) is 1. The number of thiophene rings is 1. The summed E-state index contributed by atoms with van der Waals surface area (Å²) >= 11 is 1.56. The lowest BCUT2D eigenvalue weighted by atomic mass is 9.72. The fraction of sp³-hybridized carbons (Fsp3) is 0.520. The van der Waals surface area contributed by atoms with Crippen LogP contribution in [-0.4, -0.2) is 39.1 Å². The van der Waals surface area contributed by atoms with Gasteiger partial charge in [-0.05, 0) is 67.3 Å². The molecule has 0 spiro atoms. The van der Waals surface area contributed by atoms with Gasteiger partial charge in [0.1, 0.15) is 10.8 Å². The van der Waals surface area contributed by atoms with E-state index in [1.807, 2.05) is 45.3 Å². The van der Waals surface area contributed by atoms with Crippen molar-refractivity contribution in [2.45, 2.75) is 47.0 Å². The van der Waals surface area contributed by atoms with Crippen LogP contribution in [0.25, 0.3) is 0 Å². The molecular weight excluding hydrogens is 422 g/mol. The molecular formula is C25H36N3O3S+. The summed E-state index contributed by atoms with van der Waals surface area (Å²) in [6.45, 7) is 9.72. The van der Waals surface area contributed by atoms with Crippen molar-refractivity contribution < 1.29 is 19.2 Å². The number of rotatable bonds is 7. The number of ether oxygens (including phenoxy) is 1. The highest BCUT2D eigenvalue weighted by molar-refractivity contribution is 7.17. The highest BCUT2D eigenvalue weighted by atomic mass is 32.1. The maximum Gasteiger partial charge on any atom is 0.280 e. The van der Waals surface area contributed by atoms with Gasteiger partial charge < -0.3 is 20.3 Å². The standard InChI is InChI=1S/C25H35N3O3S/c1-7-31-18-11-9-17(10-12-18)26-23(30)22-19-13-8-16(25(2,3)4)14-20(19)32-24(22)27-21(29)15-28(5)6/h9-12,16H,7-8,13-15H2,1-6H3,(H,26,30)(H,27,29)/p+1/t16-/m1/s1. The number of hydrogen-bond donors (Lipinski definition) is 3. The van der Waals surface area contributed by atoms with E-state index in [1.165, 1.54) is 4.88 Å². The van der Waals surface area contributed by atoms with Crippen LogP contribution in [0.4, 0.5) is 10.7 Å². The van der Waals surface area contributed by atoms with E-state index in [1.54, 1.807) is 11.3 Å². The topological polar surface area (TPSA) is 71.9 Å². The number of anilines is 2. The van der Waals surface area contributed by atoms with E-state index in [0.29, 0.717) is 35.3 Å². The minimum atomic E-state index is -0.173. The van der Waals surface area contributed by atoms with Gasteiger partial charge in [-0.15, -0.1) is 11.3 Å². The molecule has 0 aliphatic heterocycles. The molecule has 3 N–H and O–H groups in total. The molecule has 0 unspecified atom stereocenters. The summed E-state index contributed by atoms with van der Waals surface area (Å²) in [7, 11) is 3.87. The van der Waals surface area contributed by atoms with Gasteiger partial charge in [0.15, 0.2) is 6.54 Å². The monoisotopic (exact) mass is 458 g/mol. The van der Waals surface area contributed by atoms with Crippen LogP contribution in [0, 0.1) is 11.3 Å². The molecule has 1 aliphatic carbocycles. The molecule has 0 fully saturated rings. The summed E-state index contributed by atoms with van der Waals surface area (Å²) in [4.78, 5) is 28.2. The fourth-order valence-corrected chi connectivity index (χ4v) is 5.48. The summed E-state index contributed by atoms with van der Waals surface area (Å²) < 4.78 is 5.48. The van der Waals surface area contributed by atoms with E-state index in [9.17, 15) is 9.59 Å². The Labute approximate surface area is 195 Å². The Morgan fingerprint density at radius 1 is 1.16 bits per heavy atom. The lowest BCUT2D eigenvalue weighted by molar-refractivity contribution is -0.849. The molecule has 0 saturated heterocycles. The molecule has 1 atom stereocenters. The summed E-state index contributed by atoms with van der Waals surface area (Å²) in [6, 6.07) is 7.37. The molecule has 1 heterocycles. The zero-order chi connectivity index (χ0) is 23.5. The fourth-order valence-electron chi connectivity index (χ4n) is 4.14. The van der Waals surface area contributed by atoms with E-state index in [0.717, 1.165) is 35.5 Å². The maximum atomic E-state index is 13.4. The van der Waals surface area contributed by atoms with Crippen LogP contribution in [-0.2, 0) is 17.6 Å². The average Bonchev–Trinajstić information content (AvgIpc) is 3.05. The largest absolute Gasteiger partial charge is 0.494 e. The SMILES string of the molecule is CCOc1ccc(NC(=O)c2c(NC(=O)C[NH+](C)C)sc3c2CC[C@@H](C(C)(C)C)C3)cc1. The third kappa shape index (κ3) is 5.90. The molecule has 174 valence electrons. The van der Waals surface area contributed by atoms with E-state index in [-0.39, 0.29) is 17.2 Å². The van der Waals surface area contributed by atoms with E-state index < -0.39 is 0 Å². The predicted octanol–water partition coefficient (Wildman–Crippen LogP) is 3.63. The molecule has 7 heteroatoms. The van der Waals surface area contributed by atoms with Gasteiger partial charge in [-0.2, -0.15) is 0 Å². The van der Waals surface area contributed by atoms with Crippen LogP contribution >= 0.6 is 11.3 Å². The Bertz CT molecular complexity index is 958. The number of amides is 2. The zero-order valence-corrected chi connectivity index (χ0v) is 20.9. The smallest absolute Gasteiger partial charge is 0.280 e. The van der Waals surface area contributed by atoms with Gasteiger partial charge >= 0.3 is 0 Å². The van der Waals surface area contributed by atoms with Crippen molar-refractivity contribution >= 4 is 33.8 Å². The van der Waals surface area contributed by atoms with Crippen molar-refractivity contribution in [2.75, 3.05) is 37.9 Å². The van der Waals surface area contributed by atoms with Gasteiger partial charge in [0.2, 0.25) is 0 Å². The Hall–Kier alpha value is -2.38. The van der Waals surface area contributed by atoms with Crippen LogP contribution in [0.15, 0.2) is 24.3 Å². The number of fused-ring (bicyclic) bond motifs is 1. The lowest BCUT2D eigenvalue weighted by Gasteiger charge is -2.33. The highest BCUT2D eigenvalue weighted by Crippen LogP contribution is 2.44. The number of quaternary nitrogens is 1. The van der Waals surface area contributed by atoms with E-state index >= 15 is 0 Å². The van der Waals surface area contributed by atoms with Crippen molar-refractivity contribution in [3.05, 3.63) is 40.3 Å². The number of hydrogen-bond acceptors (Lipinski definition) is 4. The molecule has 1 aromatic heterocycles. The summed E-state index contributed by atoms with van der Waals surface area (Å²) in [5.74, 6) is 1.08. The second-order valence-electron chi connectivity index (χ2n) is 9.86. The number of carbonyl (C=O) groups excluding carboxylic acids is 2. The first-order chi connectivity index (χ1) is 15.1. The normalized spacial score (nSPS) is 15.9. The van der Waals surface area contributed by atoms with Crippen LogP contribution in [0.1, 0.15) is 54.9 Å². The van der Waals surface area contributed by atoms with Crippen LogP contribution in [0.5, 0.6) is 5.75 Å². The molecule has 6 nitrogen and oxygen atoms in total. The van der Waals surface area contributed by atoms with Crippen LogP contribution in [0.3, 0.4) is 0 Å². The predicted molar refractivity (Wildman–Crippen MR) is 131 cm³/mol. The quantitative estimate of drug-likeness (QED) is 0.593. The molecule has 3 rings (SSSR count). The van der Waals surface area contributed by atoms with Gasteiger partial charge in [0, 0.05) is 10.6 Å². The molecule has 0 saturated carbocycles. The average molecular weight is 459 g/mol. The Morgan fingerprint density at radius 3 is 2.44 bits per heavy atom. The first-order valence-electron chi connectivity index (χ1n) is 11.4. The van der Waals surface area contributed by atoms with Gasteiger partial charge in [-0.25, -0.2) is 0 Å². The minimum Gasteiger partial charge on any atom is -0.494 e. The summed E-state index contributed by atoms with van der Waals surface area (Å²) in [6.07, 6.45) is 2.85. The zero-order valence-electron chi connectivity index (χ0n) is 20.1. The third-order valence-corrected chi connectivity index (χ3v) is 7.08. The Kier molecular flexibility index (Phi) is 7.62. The molecule has 1 aliphatic rings.